The highest BCUT2D eigenvalue weighted by atomic mass is 32.1. The molecule has 0 aliphatic carbocycles. The quantitative estimate of drug-likeness (QED) is 0.624. The summed E-state index contributed by atoms with van der Waals surface area (Å²) in [5, 5.41) is 6.04. The highest BCUT2D eigenvalue weighted by Gasteiger charge is 2.09. The summed E-state index contributed by atoms with van der Waals surface area (Å²) >= 11 is 1.40. The molecule has 4 rings (SSSR count). The molecule has 6 nitrogen and oxygen atoms in total. The van der Waals surface area contributed by atoms with Crippen LogP contribution in [0.4, 0.5) is 5.69 Å². The molecule has 0 spiro atoms. The second-order valence-electron chi connectivity index (χ2n) is 5.28. The van der Waals surface area contributed by atoms with E-state index in [1.165, 1.54) is 22.2 Å². The van der Waals surface area contributed by atoms with Crippen LogP contribution in [0.2, 0.25) is 0 Å². The molecule has 1 N–H and O–H groups in total. The van der Waals surface area contributed by atoms with Crippen LogP contribution in [0.5, 0.6) is 0 Å². The second-order valence-corrected chi connectivity index (χ2v) is 6.18. The van der Waals surface area contributed by atoms with E-state index in [1.807, 2.05) is 35.7 Å². The van der Waals surface area contributed by atoms with E-state index in [1.54, 1.807) is 12.3 Å². The number of carbonyl (C=O) groups is 1. The fraction of sp³-hybridized carbons (Fsp3) is 0.0588. The van der Waals surface area contributed by atoms with Gasteiger partial charge >= 0.3 is 0 Å². The van der Waals surface area contributed by atoms with E-state index in [0.29, 0.717) is 15.9 Å². The molecule has 0 saturated carbocycles. The highest BCUT2D eigenvalue weighted by Crippen LogP contribution is 2.16. The van der Waals surface area contributed by atoms with E-state index in [9.17, 15) is 9.59 Å². The molecule has 0 saturated heterocycles. The number of carbonyl (C=O) groups excluding carboxylic acids is 1. The Morgan fingerprint density at radius 3 is 3.00 bits per heavy atom. The zero-order valence-electron chi connectivity index (χ0n) is 12.5. The first-order valence-corrected chi connectivity index (χ1v) is 8.16. The van der Waals surface area contributed by atoms with Crippen LogP contribution < -0.4 is 10.9 Å². The first kappa shape index (κ1) is 14.5. The number of nitrogens with one attached hydrogen (secondary N) is 1. The molecule has 0 aliphatic rings. The van der Waals surface area contributed by atoms with Crippen molar-refractivity contribution in [3.63, 3.8) is 0 Å². The maximum atomic E-state index is 12.3. The molecule has 118 valence electrons. The average molecular weight is 336 g/mol. The molecule has 3 aromatic heterocycles. The van der Waals surface area contributed by atoms with Crippen LogP contribution in [0, 0.1) is 0 Å². The van der Waals surface area contributed by atoms with E-state index in [-0.39, 0.29) is 18.0 Å². The van der Waals surface area contributed by atoms with Crippen LogP contribution in [0.1, 0.15) is 0 Å². The van der Waals surface area contributed by atoms with Gasteiger partial charge in [0.25, 0.3) is 5.56 Å². The molecule has 24 heavy (non-hydrogen) atoms. The predicted octanol–water partition coefficient (Wildman–Crippen LogP) is 2.64. The van der Waals surface area contributed by atoms with Crippen molar-refractivity contribution in [3.05, 3.63) is 64.7 Å². The van der Waals surface area contributed by atoms with Gasteiger partial charge in [0.05, 0.1) is 29.1 Å². The van der Waals surface area contributed by atoms with Crippen LogP contribution >= 0.6 is 11.3 Å². The van der Waals surface area contributed by atoms with Crippen molar-refractivity contribution in [2.75, 3.05) is 5.32 Å². The van der Waals surface area contributed by atoms with Crippen LogP contribution in [-0.2, 0) is 11.3 Å². The van der Waals surface area contributed by atoms with Crippen LogP contribution in [0.25, 0.3) is 21.1 Å². The first-order chi connectivity index (χ1) is 11.7. The van der Waals surface area contributed by atoms with E-state index < -0.39 is 0 Å². The first-order valence-electron chi connectivity index (χ1n) is 7.28. The lowest BCUT2D eigenvalue weighted by atomic mass is 10.2. The minimum absolute atomic E-state index is 0.0928. The van der Waals surface area contributed by atoms with Gasteiger partial charge in [-0.05, 0) is 23.6 Å². The number of rotatable bonds is 3. The van der Waals surface area contributed by atoms with Crippen molar-refractivity contribution in [3.8, 4) is 0 Å². The van der Waals surface area contributed by atoms with Gasteiger partial charge in [0, 0.05) is 5.39 Å². The second kappa shape index (κ2) is 5.86. The van der Waals surface area contributed by atoms with Crippen molar-refractivity contribution >= 4 is 44.1 Å². The molecule has 0 unspecified atom stereocenters. The number of pyridine rings is 1. The van der Waals surface area contributed by atoms with Crippen molar-refractivity contribution < 1.29 is 4.79 Å². The van der Waals surface area contributed by atoms with Gasteiger partial charge < -0.3 is 5.32 Å². The van der Waals surface area contributed by atoms with Gasteiger partial charge in [0.1, 0.15) is 11.4 Å². The molecule has 1 amide bonds. The van der Waals surface area contributed by atoms with Crippen molar-refractivity contribution in [1.29, 1.82) is 0 Å². The third kappa shape index (κ3) is 2.65. The van der Waals surface area contributed by atoms with Crippen LogP contribution in [-0.4, -0.2) is 20.4 Å². The average Bonchev–Trinajstić information content (AvgIpc) is 3.07. The lowest BCUT2D eigenvalue weighted by molar-refractivity contribution is -0.116. The van der Waals surface area contributed by atoms with E-state index in [2.05, 4.69) is 15.3 Å². The lowest BCUT2D eigenvalue weighted by Gasteiger charge is -2.07. The SMILES string of the molecule is O=C(Cn1cnc2sccc2c1=O)Nc1cnc2ccccc2c1. The summed E-state index contributed by atoms with van der Waals surface area (Å²) in [6, 6.07) is 11.2. The number of aromatic nitrogens is 3. The molecule has 0 atom stereocenters. The van der Waals surface area contributed by atoms with Gasteiger partial charge in [0.15, 0.2) is 0 Å². The Hall–Kier alpha value is -3.06. The van der Waals surface area contributed by atoms with Gasteiger partial charge in [-0.2, -0.15) is 0 Å². The number of thiophene rings is 1. The van der Waals surface area contributed by atoms with Crippen LogP contribution in [0.3, 0.4) is 0 Å². The van der Waals surface area contributed by atoms with Crippen molar-refractivity contribution in [1.82, 2.24) is 14.5 Å². The standard InChI is InChI=1S/C17H12N4O2S/c22-15(9-21-10-19-16-13(17(21)23)5-6-24-16)20-12-7-11-3-1-2-4-14(11)18-8-12/h1-8,10H,9H2,(H,20,22). The van der Waals surface area contributed by atoms with Gasteiger partial charge in [-0.3, -0.25) is 19.1 Å². The van der Waals surface area contributed by atoms with Crippen molar-refractivity contribution in [2.24, 2.45) is 0 Å². The monoisotopic (exact) mass is 336 g/mol. The fourth-order valence-electron chi connectivity index (χ4n) is 2.50. The molecule has 7 heteroatoms. The predicted molar refractivity (Wildman–Crippen MR) is 94.3 cm³/mol. The van der Waals surface area contributed by atoms with E-state index in [0.717, 1.165) is 10.9 Å². The molecule has 0 bridgehead atoms. The maximum Gasteiger partial charge on any atom is 0.262 e. The zero-order valence-corrected chi connectivity index (χ0v) is 13.3. The number of hydrogen-bond acceptors (Lipinski definition) is 5. The van der Waals surface area contributed by atoms with E-state index in [4.69, 9.17) is 0 Å². The smallest absolute Gasteiger partial charge is 0.262 e. The number of anilines is 1. The van der Waals surface area contributed by atoms with Gasteiger partial charge in [0.2, 0.25) is 5.91 Å². The Labute approximate surface area is 140 Å². The molecule has 0 radical (unpaired) electrons. The largest absolute Gasteiger partial charge is 0.323 e. The Morgan fingerprint density at radius 2 is 2.08 bits per heavy atom. The molecule has 1 aromatic carbocycles. The minimum Gasteiger partial charge on any atom is -0.323 e. The summed E-state index contributed by atoms with van der Waals surface area (Å²) in [7, 11) is 0. The Kier molecular flexibility index (Phi) is 3.55. The number of amides is 1. The third-order valence-corrected chi connectivity index (χ3v) is 4.46. The lowest BCUT2D eigenvalue weighted by Crippen LogP contribution is -2.27. The summed E-state index contributed by atoms with van der Waals surface area (Å²) in [6.45, 7) is -0.0928. The summed E-state index contributed by atoms with van der Waals surface area (Å²) < 4.78 is 1.30. The minimum atomic E-state index is -0.300. The van der Waals surface area contributed by atoms with Crippen molar-refractivity contribution in [2.45, 2.75) is 6.54 Å². The van der Waals surface area contributed by atoms with Gasteiger partial charge in [-0.25, -0.2) is 4.98 Å². The van der Waals surface area contributed by atoms with Gasteiger partial charge in [-0.15, -0.1) is 11.3 Å². The number of nitrogens with zero attached hydrogens (tertiary/aromatic N) is 3. The van der Waals surface area contributed by atoms with E-state index >= 15 is 0 Å². The van der Waals surface area contributed by atoms with Gasteiger partial charge in [-0.1, -0.05) is 18.2 Å². The summed E-state index contributed by atoms with van der Waals surface area (Å²) in [5.74, 6) is -0.300. The number of benzene rings is 1. The third-order valence-electron chi connectivity index (χ3n) is 3.64. The fourth-order valence-corrected chi connectivity index (χ4v) is 3.22. The molecule has 4 aromatic rings. The highest BCUT2D eigenvalue weighted by molar-refractivity contribution is 7.16. The number of para-hydroxylation sites is 1. The zero-order chi connectivity index (χ0) is 16.5. The summed E-state index contributed by atoms with van der Waals surface area (Å²) in [4.78, 5) is 33.7. The normalized spacial score (nSPS) is 11.0. The Bertz CT molecular complexity index is 1120. The molecular weight excluding hydrogens is 324 g/mol. The summed E-state index contributed by atoms with van der Waals surface area (Å²) in [5.41, 5.74) is 1.24. The number of fused-ring (bicyclic) bond motifs is 2. The molecule has 0 aliphatic heterocycles. The molecule has 3 heterocycles. The molecular formula is C17H12N4O2S. The summed E-state index contributed by atoms with van der Waals surface area (Å²) in [6.07, 6.45) is 3.00. The van der Waals surface area contributed by atoms with Crippen LogP contribution in [0.15, 0.2) is 59.1 Å². The maximum absolute atomic E-state index is 12.3. The topological polar surface area (TPSA) is 76.9 Å². The number of hydrogen-bond donors (Lipinski definition) is 1. The molecule has 0 fully saturated rings. The Morgan fingerprint density at radius 1 is 1.21 bits per heavy atom. The Balaban J connectivity index is 1.56.